The first-order valence-electron chi connectivity index (χ1n) is 3.83. The molecule has 1 aliphatic rings. The van der Waals surface area contributed by atoms with Crippen LogP contribution in [-0.2, 0) is 0 Å². The van der Waals surface area contributed by atoms with Crippen molar-refractivity contribution in [2.75, 3.05) is 20.1 Å². The first kappa shape index (κ1) is 9.48. The zero-order valence-corrected chi connectivity index (χ0v) is 8.02. The number of rotatable bonds is 2. The lowest BCUT2D eigenvalue weighted by atomic mass is 10.1. The van der Waals surface area contributed by atoms with E-state index in [0.717, 1.165) is 37.0 Å². The number of hydrogen-bond donors (Lipinski definition) is 1. The minimum absolute atomic E-state index is 0.525. The van der Waals surface area contributed by atoms with Crippen LogP contribution in [0.3, 0.4) is 0 Å². The van der Waals surface area contributed by atoms with Gasteiger partial charge < -0.3 is 4.90 Å². The van der Waals surface area contributed by atoms with E-state index < -0.39 is 0 Å². The summed E-state index contributed by atoms with van der Waals surface area (Å²) in [5.74, 6) is 0. The lowest BCUT2D eigenvalue weighted by Gasteiger charge is -2.22. The van der Waals surface area contributed by atoms with E-state index in [0.29, 0.717) is 5.04 Å². The Kier molecular flexibility index (Phi) is 3.49. The van der Waals surface area contributed by atoms with E-state index in [1.165, 1.54) is 0 Å². The van der Waals surface area contributed by atoms with E-state index in [-0.39, 0.29) is 0 Å². The fraction of sp³-hybridized carbons (Fsp3) is 0.500. The lowest BCUT2D eigenvalue weighted by Crippen LogP contribution is -2.27. The smallest absolute Gasteiger partial charge is 0.114 e. The molecule has 0 amide bonds. The summed E-state index contributed by atoms with van der Waals surface area (Å²) >= 11 is 1.14. The number of hydrogen-bond acceptors (Lipinski definition) is 4. The molecule has 3 nitrogen and oxygen atoms in total. The highest BCUT2D eigenvalue weighted by molar-refractivity contribution is 8.13. The molecule has 1 heterocycles. The van der Waals surface area contributed by atoms with Gasteiger partial charge in [-0.1, -0.05) is 6.08 Å². The summed E-state index contributed by atoms with van der Waals surface area (Å²) in [5.41, 5.74) is 1.07. The minimum atomic E-state index is 0.525. The van der Waals surface area contributed by atoms with Crippen molar-refractivity contribution in [3.8, 4) is 0 Å². The van der Waals surface area contributed by atoms with Gasteiger partial charge in [0, 0.05) is 25.0 Å². The molecule has 0 bridgehead atoms. The second-order valence-corrected chi connectivity index (χ2v) is 3.65. The van der Waals surface area contributed by atoms with Gasteiger partial charge in [0.2, 0.25) is 0 Å². The first-order chi connectivity index (χ1) is 5.74. The van der Waals surface area contributed by atoms with Crippen molar-refractivity contribution in [2.45, 2.75) is 6.42 Å². The molecular formula is C8H13N3S. The Morgan fingerprint density at radius 1 is 1.83 bits per heavy atom. The average Bonchev–Trinajstić information content (AvgIpc) is 2.05. The molecule has 4 heteroatoms. The molecule has 0 spiro atoms. The summed E-state index contributed by atoms with van der Waals surface area (Å²) in [6, 6.07) is 0. The Morgan fingerprint density at radius 2 is 2.58 bits per heavy atom. The number of nitrogens with one attached hydrogen (secondary N) is 1. The third-order valence-corrected chi connectivity index (χ3v) is 2.36. The fourth-order valence-corrected chi connectivity index (χ4v) is 1.58. The largest absolute Gasteiger partial charge is 0.302 e. The van der Waals surface area contributed by atoms with Gasteiger partial charge in [-0.2, -0.15) is 0 Å². The second-order valence-electron chi connectivity index (χ2n) is 2.81. The molecule has 0 aromatic carbocycles. The molecule has 66 valence electrons. The maximum atomic E-state index is 7.61. The molecule has 0 aliphatic carbocycles. The predicted octanol–water partition coefficient (Wildman–Crippen LogP) is 1.57. The Balaban J connectivity index is 2.56. The Morgan fingerprint density at radius 3 is 3.17 bits per heavy atom. The quantitative estimate of drug-likeness (QED) is 0.401. The molecule has 0 aromatic heterocycles. The first-order valence-corrected chi connectivity index (χ1v) is 4.61. The van der Waals surface area contributed by atoms with Crippen LogP contribution in [0.5, 0.6) is 0 Å². The molecule has 1 N–H and O–H groups in total. The highest BCUT2D eigenvalue weighted by atomic mass is 32.2. The summed E-state index contributed by atoms with van der Waals surface area (Å²) in [6.45, 7) is 5.29. The van der Waals surface area contributed by atoms with Crippen molar-refractivity contribution in [1.82, 2.24) is 4.90 Å². The van der Waals surface area contributed by atoms with Crippen molar-refractivity contribution in [3.05, 3.63) is 11.6 Å². The van der Waals surface area contributed by atoms with Crippen LogP contribution in [0.1, 0.15) is 6.42 Å². The van der Waals surface area contributed by atoms with Gasteiger partial charge in [-0.05, 0) is 25.8 Å². The zero-order valence-electron chi connectivity index (χ0n) is 7.21. The number of likely N-dealkylation sites (N-methyl/N-ethyl adjacent to an activating group) is 1. The predicted molar refractivity (Wildman–Crippen MR) is 55.1 cm³/mol. The van der Waals surface area contributed by atoms with E-state index in [4.69, 9.17) is 5.41 Å². The standard InChI is InChI=1S/C8H13N3S/c1-10-12-8(9)7-4-3-5-11(2)6-7/h4,9H,1,3,5-6H2,2H3. The van der Waals surface area contributed by atoms with Gasteiger partial charge >= 0.3 is 0 Å². The molecule has 0 saturated carbocycles. The van der Waals surface area contributed by atoms with Crippen molar-refractivity contribution in [1.29, 1.82) is 5.41 Å². The van der Waals surface area contributed by atoms with Crippen LogP contribution in [0.4, 0.5) is 0 Å². The van der Waals surface area contributed by atoms with Crippen LogP contribution in [0.25, 0.3) is 0 Å². The SMILES string of the molecule is C=NSC(=N)C1=CCCN(C)C1. The van der Waals surface area contributed by atoms with Gasteiger partial charge in [-0.25, -0.2) is 4.40 Å². The highest BCUT2D eigenvalue weighted by Crippen LogP contribution is 2.16. The third-order valence-electron chi connectivity index (χ3n) is 1.79. The highest BCUT2D eigenvalue weighted by Gasteiger charge is 2.12. The summed E-state index contributed by atoms with van der Waals surface area (Å²) in [7, 11) is 2.06. The van der Waals surface area contributed by atoms with Gasteiger partial charge in [0.1, 0.15) is 5.04 Å². The maximum absolute atomic E-state index is 7.61. The van der Waals surface area contributed by atoms with E-state index in [1.54, 1.807) is 0 Å². The lowest BCUT2D eigenvalue weighted by molar-refractivity contribution is 0.361. The van der Waals surface area contributed by atoms with E-state index >= 15 is 0 Å². The van der Waals surface area contributed by atoms with E-state index in [2.05, 4.69) is 29.1 Å². The van der Waals surface area contributed by atoms with Crippen LogP contribution >= 0.6 is 11.9 Å². The minimum Gasteiger partial charge on any atom is -0.302 e. The summed E-state index contributed by atoms with van der Waals surface area (Å²) in [4.78, 5) is 2.20. The van der Waals surface area contributed by atoms with Crippen molar-refractivity contribution >= 4 is 23.7 Å². The molecule has 0 aromatic rings. The monoisotopic (exact) mass is 183 g/mol. The molecule has 12 heavy (non-hydrogen) atoms. The van der Waals surface area contributed by atoms with Crippen LogP contribution < -0.4 is 0 Å². The molecule has 1 rings (SSSR count). The summed E-state index contributed by atoms with van der Waals surface area (Å²) in [5, 5.41) is 8.13. The summed E-state index contributed by atoms with van der Waals surface area (Å²) in [6.07, 6.45) is 3.15. The third kappa shape index (κ3) is 2.46. The van der Waals surface area contributed by atoms with Crippen molar-refractivity contribution < 1.29 is 0 Å². The maximum Gasteiger partial charge on any atom is 0.114 e. The molecule has 0 atom stereocenters. The van der Waals surface area contributed by atoms with Crippen molar-refractivity contribution in [2.24, 2.45) is 4.40 Å². The Bertz CT molecular complexity index is 222. The fourth-order valence-electron chi connectivity index (χ4n) is 1.18. The zero-order chi connectivity index (χ0) is 8.97. The van der Waals surface area contributed by atoms with Gasteiger partial charge in [-0.15, -0.1) is 0 Å². The molecule has 0 fully saturated rings. The van der Waals surface area contributed by atoms with Crippen molar-refractivity contribution in [3.63, 3.8) is 0 Å². The molecule has 1 aliphatic heterocycles. The molecule has 0 unspecified atom stereocenters. The van der Waals surface area contributed by atoms with Gasteiger partial charge in [-0.3, -0.25) is 5.41 Å². The summed E-state index contributed by atoms with van der Waals surface area (Å²) < 4.78 is 3.62. The van der Waals surface area contributed by atoms with Crippen LogP contribution in [0, 0.1) is 5.41 Å². The van der Waals surface area contributed by atoms with Crippen LogP contribution in [-0.4, -0.2) is 36.8 Å². The molecule has 0 saturated heterocycles. The van der Waals surface area contributed by atoms with Gasteiger partial charge in [0.25, 0.3) is 0 Å². The van der Waals surface area contributed by atoms with Gasteiger partial charge in [0.05, 0.1) is 0 Å². The average molecular weight is 183 g/mol. The van der Waals surface area contributed by atoms with Crippen LogP contribution in [0.15, 0.2) is 16.0 Å². The molecule has 0 radical (unpaired) electrons. The Labute approximate surface area is 77.2 Å². The van der Waals surface area contributed by atoms with E-state index in [1.807, 2.05) is 0 Å². The Hall–Kier alpha value is -0.610. The van der Waals surface area contributed by atoms with Crippen LogP contribution in [0.2, 0.25) is 0 Å². The normalized spacial score (nSPS) is 18.6. The van der Waals surface area contributed by atoms with Gasteiger partial charge in [0.15, 0.2) is 0 Å². The van der Waals surface area contributed by atoms with E-state index in [9.17, 15) is 0 Å². The number of nitrogens with zero attached hydrogens (tertiary/aromatic N) is 2. The topological polar surface area (TPSA) is 39.5 Å². The second kappa shape index (κ2) is 4.42. The molecular weight excluding hydrogens is 170 g/mol.